The predicted molar refractivity (Wildman–Crippen MR) is 73.0 cm³/mol. The summed E-state index contributed by atoms with van der Waals surface area (Å²) >= 11 is 0. The van der Waals surface area contributed by atoms with Crippen LogP contribution in [0.4, 0.5) is 4.39 Å². The molecule has 2 unspecified atom stereocenters. The van der Waals surface area contributed by atoms with Gasteiger partial charge in [-0.15, -0.1) is 0 Å². The molecule has 1 aliphatic rings. The number of nitrogens with one attached hydrogen (secondary N) is 1. The normalized spacial score (nSPS) is 21.1. The molecule has 3 N–H and O–H groups in total. The topological polar surface area (TPSA) is 81.4 Å². The fourth-order valence-electron chi connectivity index (χ4n) is 2.27. The Morgan fingerprint density at radius 3 is 2.85 bits per heavy atom. The van der Waals surface area contributed by atoms with E-state index in [1.807, 2.05) is 0 Å². The second-order valence-electron chi connectivity index (χ2n) is 4.93. The first-order valence-corrected chi connectivity index (χ1v) is 8.05. The van der Waals surface area contributed by atoms with E-state index in [4.69, 9.17) is 10.5 Å². The Labute approximate surface area is 118 Å². The van der Waals surface area contributed by atoms with Crippen LogP contribution >= 0.6 is 0 Å². The molecule has 0 aliphatic carbocycles. The lowest BCUT2D eigenvalue weighted by Crippen LogP contribution is -2.41. The van der Waals surface area contributed by atoms with E-state index in [1.54, 1.807) is 6.92 Å². The lowest BCUT2D eigenvalue weighted by Gasteiger charge is -2.20. The third-order valence-electron chi connectivity index (χ3n) is 3.39. The van der Waals surface area contributed by atoms with Crippen molar-refractivity contribution in [1.29, 1.82) is 0 Å². The van der Waals surface area contributed by atoms with Gasteiger partial charge < -0.3 is 10.5 Å². The summed E-state index contributed by atoms with van der Waals surface area (Å²) in [5.41, 5.74) is 5.94. The number of sulfonamides is 1. The van der Waals surface area contributed by atoms with E-state index in [1.165, 1.54) is 12.1 Å². The largest absolute Gasteiger partial charge is 0.377 e. The molecule has 112 valence electrons. The van der Waals surface area contributed by atoms with Gasteiger partial charge in [0.15, 0.2) is 0 Å². The van der Waals surface area contributed by atoms with Gasteiger partial charge in [0.25, 0.3) is 0 Å². The van der Waals surface area contributed by atoms with Crippen molar-refractivity contribution in [1.82, 2.24) is 4.72 Å². The van der Waals surface area contributed by atoms with E-state index in [9.17, 15) is 12.8 Å². The highest BCUT2D eigenvalue weighted by molar-refractivity contribution is 7.89. The van der Waals surface area contributed by atoms with Crippen LogP contribution in [0.1, 0.15) is 25.3 Å². The van der Waals surface area contributed by atoms with Gasteiger partial charge in [-0.05, 0) is 37.5 Å². The van der Waals surface area contributed by atoms with Gasteiger partial charge in [0.2, 0.25) is 10.0 Å². The number of hydrogen-bond acceptors (Lipinski definition) is 4. The van der Waals surface area contributed by atoms with Gasteiger partial charge >= 0.3 is 0 Å². The Balaban J connectivity index is 2.17. The van der Waals surface area contributed by atoms with Crippen molar-refractivity contribution in [2.75, 3.05) is 6.61 Å². The molecule has 2 atom stereocenters. The highest BCUT2D eigenvalue weighted by atomic mass is 32.2. The molecule has 2 rings (SSSR count). The zero-order chi connectivity index (χ0) is 14.8. The van der Waals surface area contributed by atoms with Crippen LogP contribution in [0.3, 0.4) is 0 Å². The van der Waals surface area contributed by atoms with Crippen LogP contribution in [0.25, 0.3) is 0 Å². The van der Waals surface area contributed by atoms with Crippen molar-refractivity contribution in [2.24, 2.45) is 5.73 Å². The molecule has 1 aromatic rings. The molecular formula is C13H19FN2O3S. The monoisotopic (exact) mass is 302 g/mol. The molecule has 0 amide bonds. The van der Waals surface area contributed by atoms with Crippen molar-refractivity contribution < 1.29 is 17.5 Å². The number of benzene rings is 1. The maximum Gasteiger partial charge on any atom is 0.243 e. The van der Waals surface area contributed by atoms with Crippen LogP contribution in [-0.4, -0.2) is 27.2 Å². The first kappa shape index (κ1) is 15.4. The minimum atomic E-state index is -3.90. The number of halogens is 1. The second kappa shape index (κ2) is 6.17. The zero-order valence-electron chi connectivity index (χ0n) is 11.3. The number of hydrogen-bond donors (Lipinski definition) is 2. The van der Waals surface area contributed by atoms with Crippen molar-refractivity contribution in [3.63, 3.8) is 0 Å². The fourth-order valence-corrected chi connectivity index (χ4v) is 3.60. The second-order valence-corrected chi connectivity index (χ2v) is 6.61. The van der Waals surface area contributed by atoms with E-state index in [-0.39, 0.29) is 17.5 Å². The number of nitrogens with two attached hydrogens (primary N) is 1. The summed E-state index contributed by atoms with van der Waals surface area (Å²) in [4.78, 5) is -0.362. The summed E-state index contributed by atoms with van der Waals surface area (Å²) in [5.74, 6) is -0.792. The van der Waals surface area contributed by atoms with Crippen molar-refractivity contribution in [3.05, 3.63) is 29.6 Å². The molecule has 1 fully saturated rings. The van der Waals surface area contributed by atoms with Crippen molar-refractivity contribution in [2.45, 2.75) is 43.4 Å². The summed E-state index contributed by atoms with van der Waals surface area (Å²) < 4.78 is 46.1. The van der Waals surface area contributed by atoms with E-state index in [0.717, 1.165) is 18.9 Å². The zero-order valence-corrected chi connectivity index (χ0v) is 12.1. The standard InChI is InChI=1S/C13H19FN2O3S/c1-9(12-3-2-6-19-12)16-20(17,18)13-5-4-10(8-15)7-11(13)14/h4-5,7,9,12,16H,2-3,6,8,15H2,1H3. The molecule has 0 bridgehead atoms. The Morgan fingerprint density at radius 1 is 1.55 bits per heavy atom. The Kier molecular flexibility index (Phi) is 4.74. The predicted octanol–water partition coefficient (Wildman–Crippen LogP) is 1.13. The number of ether oxygens (including phenoxy) is 1. The summed E-state index contributed by atoms with van der Waals surface area (Å²) in [7, 11) is -3.90. The molecule has 1 heterocycles. The van der Waals surface area contributed by atoms with Gasteiger partial charge in [-0.1, -0.05) is 6.07 Å². The summed E-state index contributed by atoms with van der Waals surface area (Å²) in [6, 6.07) is 3.50. The molecule has 20 heavy (non-hydrogen) atoms. The maximum absolute atomic E-state index is 13.9. The molecule has 5 nitrogen and oxygen atoms in total. The first-order valence-electron chi connectivity index (χ1n) is 6.56. The maximum atomic E-state index is 13.9. The van der Waals surface area contributed by atoms with E-state index >= 15 is 0 Å². The SMILES string of the molecule is CC(NS(=O)(=O)c1ccc(CN)cc1F)C1CCCO1. The lowest BCUT2D eigenvalue weighted by molar-refractivity contribution is 0.0902. The summed E-state index contributed by atoms with van der Waals surface area (Å²) in [5, 5.41) is 0. The molecular weight excluding hydrogens is 283 g/mol. The fraction of sp³-hybridized carbons (Fsp3) is 0.538. The van der Waals surface area contributed by atoms with Gasteiger partial charge in [0.05, 0.1) is 6.10 Å². The molecule has 7 heteroatoms. The third-order valence-corrected chi connectivity index (χ3v) is 4.98. The molecule has 0 radical (unpaired) electrons. The summed E-state index contributed by atoms with van der Waals surface area (Å²) in [6.07, 6.45) is 1.56. The Hall–Kier alpha value is -1.02. The van der Waals surface area contributed by atoms with Gasteiger partial charge in [0.1, 0.15) is 10.7 Å². The van der Waals surface area contributed by atoms with Crippen LogP contribution < -0.4 is 10.5 Å². The highest BCUT2D eigenvalue weighted by Gasteiger charge is 2.28. The molecule has 0 spiro atoms. The minimum absolute atomic E-state index is 0.156. The molecule has 0 aromatic heterocycles. The van der Waals surface area contributed by atoms with E-state index in [0.29, 0.717) is 12.2 Å². The van der Waals surface area contributed by atoms with Crippen molar-refractivity contribution in [3.8, 4) is 0 Å². The van der Waals surface area contributed by atoms with Crippen molar-refractivity contribution >= 4 is 10.0 Å². The van der Waals surface area contributed by atoms with E-state index in [2.05, 4.69) is 4.72 Å². The van der Waals surface area contributed by atoms with Crippen LogP contribution in [0.5, 0.6) is 0 Å². The van der Waals surface area contributed by atoms with Gasteiger partial charge in [-0.2, -0.15) is 0 Å². The quantitative estimate of drug-likeness (QED) is 0.854. The Morgan fingerprint density at radius 2 is 2.30 bits per heavy atom. The molecule has 0 saturated carbocycles. The lowest BCUT2D eigenvalue weighted by atomic mass is 10.1. The third kappa shape index (κ3) is 3.35. The van der Waals surface area contributed by atoms with Crippen LogP contribution in [-0.2, 0) is 21.3 Å². The average molecular weight is 302 g/mol. The van der Waals surface area contributed by atoms with E-state index < -0.39 is 21.9 Å². The summed E-state index contributed by atoms with van der Waals surface area (Å²) in [6.45, 7) is 2.52. The average Bonchev–Trinajstić information content (AvgIpc) is 2.91. The first-order chi connectivity index (χ1) is 9.44. The van der Waals surface area contributed by atoms with Gasteiger partial charge in [-0.3, -0.25) is 0 Å². The number of rotatable bonds is 5. The van der Waals surface area contributed by atoms with Crippen LogP contribution in [0.2, 0.25) is 0 Å². The van der Waals surface area contributed by atoms with Gasteiger partial charge in [-0.25, -0.2) is 17.5 Å². The minimum Gasteiger partial charge on any atom is -0.377 e. The molecule has 1 saturated heterocycles. The Bertz CT molecular complexity index is 571. The highest BCUT2D eigenvalue weighted by Crippen LogP contribution is 2.20. The van der Waals surface area contributed by atoms with Gasteiger partial charge in [0, 0.05) is 19.2 Å². The molecule has 1 aliphatic heterocycles. The molecule has 1 aromatic carbocycles. The smallest absolute Gasteiger partial charge is 0.243 e. The van der Waals surface area contributed by atoms with Crippen LogP contribution in [0, 0.1) is 5.82 Å². The van der Waals surface area contributed by atoms with Crippen LogP contribution in [0.15, 0.2) is 23.1 Å².